The van der Waals surface area contributed by atoms with Crippen LogP contribution >= 0.6 is 0 Å². The zero-order chi connectivity index (χ0) is 15.4. The van der Waals surface area contributed by atoms with Gasteiger partial charge in [-0.05, 0) is 30.4 Å². The number of aromatic nitrogens is 1. The van der Waals surface area contributed by atoms with E-state index in [1.807, 2.05) is 18.2 Å². The standard InChI is InChI=1S/C19H22N2O/c1-3-12-21(13-4-2)16-9-8-15-6-5-7-17(18(15)14-16)19-10-11-20-22-19/h3-7,10-11,16H,1-2,8-9,12-14H2. The molecule has 3 rings (SSSR count). The molecule has 114 valence electrons. The Balaban J connectivity index is 1.91. The molecule has 1 aliphatic rings. The Morgan fingerprint density at radius 1 is 1.23 bits per heavy atom. The predicted octanol–water partition coefficient (Wildman–Crippen LogP) is 3.87. The molecule has 0 aliphatic heterocycles. The summed E-state index contributed by atoms with van der Waals surface area (Å²) in [7, 11) is 0. The van der Waals surface area contributed by atoms with Gasteiger partial charge in [0.2, 0.25) is 0 Å². The highest BCUT2D eigenvalue weighted by molar-refractivity contribution is 5.64. The molecule has 3 heteroatoms. The maximum Gasteiger partial charge on any atom is 0.167 e. The Morgan fingerprint density at radius 2 is 2.05 bits per heavy atom. The van der Waals surface area contributed by atoms with Gasteiger partial charge in [-0.25, -0.2) is 0 Å². The molecule has 0 saturated carbocycles. The molecule has 0 fully saturated rings. The van der Waals surface area contributed by atoms with Crippen molar-refractivity contribution in [2.75, 3.05) is 13.1 Å². The lowest BCUT2D eigenvalue weighted by atomic mass is 9.84. The molecule has 0 bridgehead atoms. The molecule has 22 heavy (non-hydrogen) atoms. The van der Waals surface area contributed by atoms with Crippen molar-refractivity contribution >= 4 is 0 Å². The summed E-state index contributed by atoms with van der Waals surface area (Å²) in [5.41, 5.74) is 4.01. The maximum atomic E-state index is 5.38. The van der Waals surface area contributed by atoms with Crippen molar-refractivity contribution in [3.63, 3.8) is 0 Å². The van der Waals surface area contributed by atoms with E-state index in [0.29, 0.717) is 6.04 Å². The first-order valence-corrected chi connectivity index (χ1v) is 7.81. The molecular formula is C19H22N2O. The van der Waals surface area contributed by atoms with Gasteiger partial charge in [-0.1, -0.05) is 35.5 Å². The summed E-state index contributed by atoms with van der Waals surface area (Å²) in [6.45, 7) is 9.56. The minimum absolute atomic E-state index is 0.521. The number of benzene rings is 1. The van der Waals surface area contributed by atoms with Crippen LogP contribution in [0.5, 0.6) is 0 Å². The van der Waals surface area contributed by atoms with E-state index in [1.165, 1.54) is 23.1 Å². The van der Waals surface area contributed by atoms with Gasteiger partial charge in [-0.3, -0.25) is 4.90 Å². The van der Waals surface area contributed by atoms with Crippen LogP contribution in [-0.2, 0) is 12.8 Å². The fourth-order valence-corrected chi connectivity index (χ4v) is 3.37. The molecule has 0 saturated heterocycles. The molecule has 0 spiro atoms. The van der Waals surface area contributed by atoms with Crippen molar-refractivity contribution in [3.05, 3.63) is 66.9 Å². The average molecular weight is 294 g/mol. The SMILES string of the molecule is C=CCN(CC=C)C1CCc2cccc(-c3ccno3)c2C1. The summed E-state index contributed by atoms with van der Waals surface area (Å²) in [5, 5.41) is 3.85. The van der Waals surface area contributed by atoms with Crippen LogP contribution in [0.25, 0.3) is 11.3 Å². The molecule has 1 aromatic heterocycles. The molecule has 3 nitrogen and oxygen atoms in total. The van der Waals surface area contributed by atoms with E-state index in [-0.39, 0.29) is 0 Å². The Bertz CT molecular complexity index is 635. The summed E-state index contributed by atoms with van der Waals surface area (Å²) < 4.78 is 5.38. The summed E-state index contributed by atoms with van der Waals surface area (Å²) >= 11 is 0. The van der Waals surface area contributed by atoms with E-state index in [4.69, 9.17) is 4.52 Å². The zero-order valence-electron chi connectivity index (χ0n) is 12.9. The van der Waals surface area contributed by atoms with Gasteiger partial charge < -0.3 is 4.52 Å². The molecule has 1 aromatic carbocycles. The van der Waals surface area contributed by atoms with Crippen molar-refractivity contribution in [1.82, 2.24) is 10.1 Å². The van der Waals surface area contributed by atoms with E-state index in [9.17, 15) is 0 Å². The second-order valence-corrected chi connectivity index (χ2v) is 5.75. The normalized spacial score (nSPS) is 17.2. The van der Waals surface area contributed by atoms with Crippen LogP contribution in [0.2, 0.25) is 0 Å². The van der Waals surface area contributed by atoms with Gasteiger partial charge in [-0.15, -0.1) is 13.2 Å². The largest absolute Gasteiger partial charge is 0.356 e. The van der Waals surface area contributed by atoms with Gasteiger partial charge in [0.15, 0.2) is 5.76 Å². The number of hydrogen-bond donors (Lipinski definition) is 0. The Kier molecular flexibility index (Phi) is 4.54. The monoisotopic (exact) mass is 294 g/mol. The third-order valence-electron chi connectivity index (χ3n) is 4.41. The van der Waals surface area contributed by atoms with Crippen molar-refractivity contribution in [2.45, 2.75) is 25.3 Å². The van der Waals surface area contributed by atoms with Crippen LogP contribution in [0.15, 0.2) is 60.3 Å². The summed E-state index contributed by atoms with van der Waals surface area (Å²) in [6, 6.07) is 8.93. The van der Waals surface area contributed by atoms with Gasteiger partial charge in [-0.2, -0.15) is 0 Å². The van der Waals surface area contributed by atoms with Crippen molar-refractivity contribution < 1.29 is 4.52 Å². The van der Waals surface area contributed by atoms with Crippen LogP contribution in [0.3, 0.4) is 0 Å². The molecule has 1 atom stereocenters. The van der Waals surface area contributed by atoms with E-state index >= 15 is 0 Å². The van der Waals surface area contributed by atoms with Crippen molar-refractivity contribution in [3.8, 4) is 11.3 Å². The minimum atomic E-state index is 0.521. The Morgan fingerprint density at radius 3 is 2.73 bits per heavy atom. The van der Waals surface area contributed by atoms with Gasteiger partial charge >= 0.3 is 0 Å². The summed E-state index contributed by atoms with van der Waals surface area (Å²) in [6.07, 6.45) is 8.97. The van der Waals surface area contributed by atoms with E-state index in [2.05, 4.69) is 41.4 Å². The quantitative estimate of drug-likeness (QED) is 0.757. The zero-order valence-corrected chi connectivity index (χ0v) is 12.9. The fraction of sp³-hybridized carbons (Fsp3) is 0.316. The molecule has 0 amide bonds. The van der Waals surface area contributed by atoms with Crippen LogP contribution < -0.4 is 0 Å². The predicted molar refractivity (Wildman–Crippen MR) is 89.7 cm³/mol. The molecule has 1 unspecified atom stereocenters. The van der Waals surface area contributed by atoms with Gasteiger partial charge in [0.1, 0.15) is 0 Å². The third kappa shape index (κ3) is 2.90. The topological polar surface area (TPSA) is 29.3 Å². The van der Waals surface area contributed by atoms with Gasteiger partial charge in [0.25, 0.3) is 0 Å². The lowest BCUT2D eigenvalue weighted by Gasteiger charge is -2.34. The lowest BCUT2D eigenvalue weighted by molar-refractivity contribution is 0.220. The lowest BCUT2D eigenvalue weighted by Crippen LogP contribution is -2.39. The molecule has 0 radical (unpaired) electrons. The number of hydrogen-bond acceptors (Lipinski definition) is 3. The van der Waals surface area contributed by atoms with Crippen molar-refractivity contribution in [2.24, 2.45) is 0 Å². The summed E-state index contributed by atoms with van der Waals surface area (Å²) in [4.78, 5) is 2.44. The van der Waals surface area contributed by atoms with Crippen LogP contribution in [0.4, 0.5) is 0 Å². The molecular weight excluding hydrogens is 272 g/mol. The minimum Gasteiger partial charge on any atom is -0.356 e. The first kappa shape index (κ1) is 14.8. The second-order valence-electron chi connectivity index (χ2n) is 5.75. The number of fused-ring (bicyclic) bond motifs is 1. The highest BCUT2D eigenvalue weighted by Gasteiger charge is 2.25. The number of aryl methyl sites for hydroxylation is 1. The van der Waals surface area contributed by atoms with Crippen LogP contribution in [-0.4, -0.2) is 29.2 Å². The highest BCUT2D eigenvalue weighted by atomic mass is 16.5. The van der Waals surface area contributed by atoms with E-state index < -0.39 is 0 Å². The maximum absolute atomic E-state index is 5.38. The van der Waals surface area contributed by atoms with E-state index in [1.54, 1.807) is 6.20 Å². The number of nitrogens with zero attached hydrogens (tertiary/aromatic N) is 2. The van der Waals surface area contributed by atoms with Gasteiger partial charge in [0.05, 0.1) is 6.20 Å². The molecule has 1 aliphatic carbocycles. The average Bonchev–Trinajstić information content (AvgIpc) is 3.08. The second kappa shape index (κ2) is 6.75. The summed E-state index contributed by atoms with van der Waals surface area (Å²) in [5.74, 6) is 0.858. The number of rotatable bonds is 6. The van der Waals surface area contributed by atoms with Crippen LogP contribution in [0.1, 0.15) is 17.5 Å². The van der Waals surface area contributed by atoms with Crippen molar-refractivity contribution in [1.29, 1.82) is 0 Å². The highest BCUT2D eigenvalue weighted by Crippen LogP contribution is 2.33. The Labute approximate surface area is 131 Å². The first-order valence-electron chi connectivity index (χ1n) is 7.81. The van der Waals surface area contributed by atoms with Gasteiger partial charge in [0, 0.05) is 30.8 Å². The van der Waals surface area contributed by atoms with E-state index in [0.717, 1.165) is 31.7 Å². The molecule has 0 N–H and O–H groups in total. The Hall–Kier alpha value is -2.13. The first-order chi connectivity index (χ1) is 10.8. The molecule has 1 heterocycles. The molecule has 2 aromatic rings. The smallest absolute Gasteiger partial charge is 0.167 e. The fourth-order valence-electron chi connectivity index (χ4n) is 3.37. The third-order valence-corrected chi connectivity index (χ3v) is 4.41. The van der Waals surface area contributed by atoms with Crippen LogP contribution in [0, 0.1) is 0 Å².